The monoisotopic (exact) mass is 362 g/mol. The Kier molecular flexibility index (Phi) is 4.58. The quantitative estimate of drug-likeness (QED) is 0.748. The molecule has 0 radical (unpaired) electrons. The van der Waals surface area contributed by atoms with E-state index in [4.69, 9.17) is 0 Å². The second kappa shape index (κ2) is 6.70. The average molecular weight is 362 g/mol. The maximum atomic E-state index is 12.8. The molecule has 3 aromatic rings. The van der Waals surface area contributed by atoms with E-state index >= 15 is 0 Å². The Balaban J connectivity index is 2.03. The van der Waals surface area contributed by atoms with Gasteiger partial charge in [0.15, 0.2) is 0 Å². The molecule has 136 valence electrons. The molecule has 1 aromatic heterocycles. The number of halogens is 3. The Morgan fingerprint density at radius 3 is 2.46 bits per heavy atom. The lowest BCUT2D eigenvalue weighted by molar-refractivity contribution is -0.137. The number of aryl methyl sites for hydroxylation is 1. The zero-order valence-corrected chi connectivity index (χ0v) is 14.2. The molecule has 2 aromatic carbocycles. The van der Waals surface area contributed by atoms with Crippen LogP contribution in [-0.4, -0.2) is 29.3 Å². The van der Waals surface area contributed by atoms with Gasteiger partial charge in [0.25, 0.3) is 0 Å². The van der Waals surface area contributed by atoms with Crippen LogP contribution < -0.4 is 10.6 Å². The number of likely N-dealkylation sites (N-methyl/N-ethyl adjacent to an activating group) is 1. The molecule has 3 rings (SSSR count). The van der Waals surface area contributed by atoms with Crippen LogP contribution in [0.25, 0.3) is 22.0 Å². The molecule has 0 bridgehead atoms. The number of nitrogens with zero attached hydrogens (tertiary/aromatic N) is 2. The van der Waals surface area contributed by atoms with Crippen LogP contribution in [0.4, 0.5) is 18.9 Å². The van der Waals surface area contributed by atoms with Crippen LogP contribution in [0, 0.1) is 0 Å². The van der Waals surface area contributed by atoms with Gasteiger partial charge in [0, 0.05) is 25.2 Å². The van der Waals surface area contributed by atoms with E-state index in [0.717, 1.165) is 28.6 Å². The summed E-state index contributed by atoms with van der Waals surface area (Å²) in [5.41, 5.74) is 2.18. The zero-order chi connectivity index (χ0) is 18.9. The topological polar surface area (TPSA) is 59.0 Å². The summed E-state index contributed by atoms with van der Waals surface area (Å²) in [6, 6.07) is 8.64. The number of amides is 1. The van der Waals surface area contributed by atoms with E-state index in [1.54, 1.807) is 31.0 Å². The molecule has 1 amide bonds. The fourth-order valence-electron chi connectivity index (χ4n) is 2.68. The summed E-state index contributed by atoms with van der Waals surface area (Å²) >= 11 is 0. The highest BCUT2D eigenvalue weighted by atomic mass is 19.4. The van der Waals surface area contributed by atoms with Crippen LogP contribution in [0.5, 0.6) is 0 Å². The molecule has 0 saturated heterocycles. The first-order valence-electron chi connectivity index (χ1n) is 7.87. The molecule has 0 unspecified atom stereocenters. The highest BCUT2D eigenvalue weighted by Crippen LogP contribution is 2.34. The third-order valence-corrected chi connectivity index (χ3v) is 4.13. The number of hydrogen-bond acceptors (Lipinski definition) is 3. The van der Waals surface area contributed by atoms with Crippen molar-refractivity contribution in [2.75, 3.05) is 18.9 Å². The van der Waals surface area contributed by atoms with Crippen molar-refractivity contribution >= 4 is 22.5 Å². The van der Waals surface area contributed by atoms with E-state index in [1.165, 1.54) is 12.1 Å². The van der Waals surface area contributed by atoms with E-state index in [2.05, 4.69) is 15.7 Å². The SMILES string of the molecule is CNC(=O)CNc1cc(-c2ccc(C(F)(F)F)cc2)cc2c1cnn2C. The minimum absolute atomic E-state index is 0.0803. The molecule has 5 nitrogen and oxygen atoms in total. The molecule has 0 aliphatic carbocycles. The van der Waals surface area contributed by atoms with Gasteiger partial charge in [-0.2, -0.15) is 18.3 Å². The van der Waals surface area contributed by atoms with E-state index in [0.29, 0.717) is 11.3 Å². The Labute approximate surface area is 147 Å². The lowest BCUT2D eigenvalue weighted by atomic mass is 10.0. The van der Waals surface area contributed by atoms with Gasteiger partial charge in [0.05, 0.1) is 23.8 Å². The van der Waals surface area contributed by atoms with E-state index in [9.17, 15) is 18.0 Å². The first-order valence-corrected chi connectivity index (χ1v) is 7.87. The summed E-state index contributed by atoms with van der Waals surface area (Å²) in [5.74, 6) is -0.179. The fraction of sp³-hybridized carbons (Fsp3) is 0.222. The number of fused-ring (bicyclic) bond motifs is 1. The molecule has 26 heavy (non-hydrogen) atoms. The van der Waals surface area contributed by atoms with Gasteiger partial charge in [0.2, 0.25) is 5.91 Å². The van der Waals surface area contributed by atoms with E-state index < -0.39 is 11.7 Å². The second-order valence-corrected chi connectivity index (χ2v) is 5.83. The van der Waals surface area contributed by atoms with Gasteiger partial charge in [0.1, 0.15) is 0 Å². The van der Waals surface area contributed by atoms with Gasteiger partial charge in [-0.15, -0.1) is 0 Å². The second-order valence-electron chi connectivity index (χ2n) is 5.83. The summed E-state index contributed by atoms with van der Waals surface area (Å²) < 4.78 is 39.9. The predicted octanol–water partition coefficient (Wildman–Crippen LogP) is 3.42. The lowest BCUT2D eigenvalue weighted by Crippen LogP contribution is -2.26. The van der Waals surface area contributed by atoms with Crippen molar-refractivity contribution < 1.29 is 18.0 Å². The van der Waals surface area contributed by atoms with Gasteiger partial charge in [-0.05, 0) is 35.4 Å². The standard InChI is InChI=1S/C18H17F3N4O/c1-22-17(26)10-23-15-7-12(8-16-14(15)9-24-25(16)2)11-3-5-13(6-4-11)18(19,20)21/h3-9,23H,10H2,1-2H3,(H,22,26). The van der Waals surface area contributed by atoms with Crippen LogP contribution in [0.15, 0.2) is 42.6 Å². The third-order valence-electron chi connectivity index (χ3n) is 4.13. The minimum Gasteiger partial charge on any atom is -0.376 e. The first kappa shape index (κ1) is 17.8. The number of nitrogens with one attached hydrogen (secondary N) is 2. The number of hydrogen-bond donors (Lipinski definition) is 2. The van der Waals surface area contributed by atoms with Crippen molar-refractivity contribution in [3.63, 3.8) is 0 Å². The van der Waals surface area contributed by atoms with E-state index in [-0.39, 0.29) is 12.5 Å². The van der Waals surface area contributed by atoms with Crippen molar-refractivity contribution in [2.24, 2.45) is 7.05 Å². The van der Waals surface area contributed by atoms with Crippen LogP contribution in [-0.2, 0) is 18.0 Å². The summed E-state index contributed by atoms with van der Waals surface area (Å²) in [7, 11) is 3.32. The largest absolute Gasteiger partial charge is 0.416 e. The molecule has 0 spiro atoms. The Morgan fingerprint density at radius 2 is 1.85 bits per heavy atom. The normalized spacial score (nSPS) is 11.6. The summed E-state index contributed by atoms with van der Waals surface area (Å²) in [6.07, 6.45) is -2.69. The highest BCUT2D eigenvalue weighted by Gasteiger charge is 2.30. The molecule has 1 heterocycles. The lowest BCUT2D eigenvalue weighted by Gasteiger charge is -2.12. The van der Waals surface area contributed by atoms with Crippen molar-refractivity contribution in [2.45, 2.75) is 6.18 Å². The molecular formula is C18H17F3N4O. The van der Waals surface area contributed by atoms with Crippen LogP contribution >= 0.6 is 0 Å². The minimum atomic E-state index is -4.37. The molecule has 0 atom stereocenters. The number of rotatable bonds is 4. The number of aromatic nitrogens is 2. The van der Waals surface area contributed by atoms with Crippen LogP contribution in [0.2, 0.25) is 0 Å². The van der Waals surface area contributed by atoms with Crippen LogP contribution in [0.3, 0.4) is 0 Å². The van der Waals surface area contributed by atoms with Crippen LogP contribution in [0.1, 0.15) is 5.56 Å². The van der Waals surface area contributed by atoms with Crippen molar-refractivity contribution in [1.29, 1.82) is 0 Å². The maximum absolute atomic E-state index is 12.8. The molecule has 0 saturated carbocycles. The van der Waals surface area contributed by atoms with Crippen molar-refractivity contribution in [1.82, 2.24) is 15.1 Å². The number of anilines is 1. The highest BCUT2D eigenvalue weighted by molar-refractivity contribution is 5.96. The maximum Gasteiger partial charge on any atom is 0.416 e. The van der Waals surface area contributed by atoms with Gasteiger partial charge in [-0.1, -0.05) is 12.1 Å². The molecular weight excluding hydrogens is 345 g/mol. The molecule has 0 aliphatic heterocycles. The fourth-order valence-corrected chi connectivity index (χ4v) is 2.68. The van der Waals surface area contributed by atoms with Crippen molar-refractivity contribution in [3.05, 3.63) is 48.2 Å². The molecule has 2 N–H and O–H groups in total. The van der Waals surface area contributed by atoms with Gasteiger partial charge < -0.3 is 10.6 Å². The smallest absolute Gasteiger partial charge is 0.376 e. The molecule has 8 heteroatoms. The number of carbonyl (C=O) groups excluding carboxylic acids is 1. The summed E-state index contributed by atoms with van der Waals surface area (Å²) in [5, 5.41) is 10.6. The summed E-state index contributed by atoms with van der Waals surface area (Å²) in [4.78, 5) is 11.5. The number of carbonyl (C=O) groups is 1. The van der Waals surface area contributed by atoms with E-state index in [1.807, 2.05) is 6.07 Å². The Morgan fingerprint density at radius 1 is 1.15 bits per heavy atom. The first-order chi connectivity index (χ1) is 12.3. The van der Waals surface area contributed by atoms with Gasteiger partial charge >= 0.3 is 6.18 Å². The molecule has 0 fully saturated rings. The predicted molar refractivity (Wildman–Crippen MR) is 93.7 cm³/mol. The van der Waals surface area contributed by atoms with Gasteiger partial charge in [-0.3, -0.25) is 9.48 Å². The van der Waals surface area contributed by atoms with Crippen molar-refractivity contribution in [3.8, 4) is 11.1 Å². The van der Waals surface area contributed by atoms with Gasteiger partial charge in [-0.25, -0.2) is 0 Å². The number of alkyl halides is 3. The average Bonchev–Trinajstić information content (AvgIpc) is 3.00. The third kappa shape index (κ3) is 3.49. The Hall–Kier alpha value is -3.03. The summed E-state index contributed by atoms with van der Waals surface area (Å²) in [6.45, 7) is 0.0803. The molecule has 0 aliphatic rings. The Bertz CT molecular complexity index is 945. The zero-order valence-electron chi connectivity index (χ0n) is 14.2. The number of benzene rings is 2.